The Morgan fingerprint density at radius 1 is 1.38 bits per heavy atom. The van der Waals surface area contributed by atoms with Gasteiger partial charge in [-0.1, -0.05) is 31.5 Å². The van der Waals surface area contributed by atoms with Crippen molar-refractivity contribution in [2.75, 3.05) is 7.05 Å². The Bertz CT molecular complexity index is 825. The number of ether oxygens (including phenoxy) is 1. The van der Waals surface area contributed by atoms with Crippen molar-refractivity contribution in [2.45, 2.75) is 38.8 Å². The Morgan fingerprint density at radius 3 is 2.83 bits per heavy atom. The van der Waals surface area contributed by atoms with Crippen LogP contribution in [0.3, 0.4) is 0 Å². The molecule has 1 amide bonds. The first-order chi connectivity index (χ1) is 11.5. The summed E-state index contributed by atoms with van der Waals surface area (Å²) in [6.45, 7) is 3.59. The van der Waals surface area contributed by atoms with E-state index in [9.17, 15) is 9.59 Å². The molecule has 4 atom stereocenters. The summed E-state index contributed by atoms with van der Waals surface area (Å²) in [5, 5.41) is 1.12. The van der Waals surface area contributed by atoms with Crippen LogP contribution in [0.25, 0.3) is 10.9 Å². The van der Waals surface area contributed by atoms with Gasteiger partial charge in [0, 0.05) is 42.8 Å². The molecule has 1 N–H and O–H groups in total. The van der Waals surface area contributed by atoms with Crippen LogP contribution in [0, 0.1) is 11.8 Å². The molecule has 0 spiro atoms. The van der Waals surface area contributed by atoms with Crippen molar-refractivity contribution in [3.8, 4) is 0 Å². The van der Waals surface area contributed by atoms with Crippen LogP contribution >= 0.6 is 0 Å². The predicted octanol–water partition coefficient (Wildman–Crippen LogP) is 3.33. The highest BCUT2D eigenvalue weighted by molar-refractivity contribution is 5.88. The van der Waals surface area contributed by atoms with Gasteiger partial charge < -0.3 is 14.6 Å². The number of amides is 1. The second-order valence-electron chi connectivity index (χ2n) is 6.92. The van der Waals surface area contributed by atoms with Crippen LogP contribution in [0.5, 0.6) is 0 Å². The number of piperidine rings is 1. The summed E-state index contributed by atoms with van der Waals surface area (Å²) in [6, 6.07) is 8.15. The van der Waals surface area contributed by atoms with E-state index in [0.29, 0.717) is 12.3 Å². The third-order valence-corrected chi connectivity index (χ3v) is 5.69. The molecule has 0 radical (unpaired) electrons. The van der Waals surface area contributed by atoms with Gasteiger partial charge in [-0.25, -0.2) is 0 Å². The zero-order chi connectivity index (χ0) is 17.0. The van der Waals surface area contributed by atoms with Crippen molar-refractivity contribution in [3.63, 3.8) is 0 Å². The van der Waals surface area contributed by atoms with E-state index in [0.717, 1.165) is 28.6 Å². The Morgan fingerprint density at radius 2 is 2.12 bits per heavy atom. The van der Waals surface area contributed by atoms with Gasteiger partial charge in [0.15, 0.2) is 0 Å². The van der Waals surface area contributed by atoms with Gasteiger partial charge in [0.25, 0.3) is 0 Å². The van der Waals surface area contributed by atoms with Crippen LogP contribution in [0.1, 0.15) is 50.1 Å². The molecule has 126 valence electrons. The topological polar surface area (TPSA) is 62.4 Å². The molecule has 1 aliphatic carbocycles. The molecular weight excluding hydrogens is 304 g/mol. The van der Waals surface area contributed by atoms with Gasteiger partial charge in [-0.3, -0.25) is 9.59 Å². The third-order valence-electron chi connectivity index (χ3n) is 5.69. The molecule has 24 heavy (non-hydrogen) atoms. The van der Waals surface area contributed by atoms with Crippen molar-refractivity contribution < 1.29 is 14.3 Å². The number of hydrogen-bond donors (Lipinski definition) is 1. The van der Waals surface area contributed by atoms with E-state index in [4.69, 9.17) is 4.74 Å². The van der Waals surface area contributed by atoms with Gasteiger partial charge in [-0.05, 0) is 12.0 Å². The smallest absolute Gasteiger partial charge is 0.303 e. The molecule has 2 bridgehead atoms. The molecule has 1 saturated heterocycles. The zero-order valence-corrected chi connectivity index (χ0v) is 14.2. The van der Waals surface area contributed by atoms with Gasteiger partial charge in [0.05, 0.1) is 11.7 Å². The summed E-state index contributed by atoms with van der Waals surface area (Å²) in [5.74, 6) is 0.156. The summed E-state index contributed by atoms with van der Waals surface area (Å²) in [4.78, 5) is 29.6. The van der Waals surface area contributed by atoms with Crippen molar-refractivity contribution in [1.29, 1.82) is 0 Å². The number of hydrogen-bond acceptors (Lipinski definition) is 3. The van der Waals surface area contributed by atoms with Crippen LogP contribution in [0.2, 0.25) is 0 Å². The average molecular weight is 326 g/mol. The maximum absolute atomic E-state index is 12.5. The number of nitrogens with one attached hydrogen (secondary N) is 1. The van der Waals surface area contributed by atoms with E-state index < -0.39 is 0 Å². The van der Waals surface area contributed by atoms with Gasteiger partial charge in [0.1, 0.15) is 6.10 Å². The van der Waals surface area contributed by atoms with Crippen LogP contribution in [-0.2, 0) is 14.3 Å². The second kappa shape index (κ2) is 5.36. The molecule has 2 aliphatic rings. The number of H-pyrrole nitrogens is 1. The number of aromatic amines is 1. The van der Waals surface area contributed by atoms with E-state index in [1.165, 1.54) is 6.92 Å². The molecule has 0 saturated carbocycles. The first-order valence-electron chi connectivity index (χ1n) is 8.56. The van der Waals surface area contributed by atoms with Crippen molar-refractivity contribution in [1.82, 2.24) is 9.88 Å². The number of nitrogens with zero attached hydrogens (tertiary/aromatic N) is 1. The van der Waals surface area contributed by atoms with Crippen molar-refractivity contribution in [3.05, 3.63) is 35.5 Å². The number of fused-ring (bicyclic) bond motifs is 6. The molecule has 5 heteroatoms. The highest BCUT2D eigenvalue weighted by atomic mass is 16.5. The molecule has 1 aromatic carbocycles. The Labute approximate surface area is 141 Å². The SMILES string of the molecule is CC[C@@H]1[C@H]2CC(=O)N(C)[C@@H]1c1c([nH]c3ccccc13)[C@@H]2OC(C)=O. The zero-order valence-electron chi connectivity index (χ0n) is 14.2. The number of aromatic nitrogens is 1. The maximum Gasteiger partial charge on any atom is 0.303 e. The number of para-hydroxylation sites is 1. The van der Waals surface area contributed by atoms with E-state index in [-0.39, 0.29) is 29.9 Å². The number of carbonyl (C=O) groups excluding carboxylic acids is 2. The highest BCUT2D eigenvalue weighted by Crippen LogP contribution is 2.55. The van der Waals surface area contributed by atoms with Gasteiger partial charge >= 0.3 is 5.97 Å². The van der Waals surface area contributed by atoms with Gasteiger partial charge in [-0.15, -0.1) is 0 Å². The van der Waals surface area contributed by atoms with Gasteiger partial charge in [0.2, 0.25) is 5.91 Å². The van der Waals surface area contributed by atoms with Crippen LogP contribution in [0.15, 0.2) is 24.3 Å². The molecule has 2 aromatic rings. The highest BCUT2D eigenvalue weighted by Gasteiger charge is 2.51. The number of benzene rings is 1. The minimum Gasteiger partial charge on any atom is -0.456 e. The van der Waals surface area contributed by atoms with Crippen LogP contribution < -0.4 is 0 Å². The molecule has 1 aliphatic heterocycles. The summed E-state index contributed by atoms with van der Waals surface area (Å²) < 4.78 is 5.71. The number of likely N-dealkylation sites (tertiary alicyclic amines) is 1. The molecule has 4 rings (SSSR count). The van der Waals surface area contributed by atoms with Crippen LogP contribution in [-0.4, -0.2) is 28.8 Å². The Balaban J connectivity index is 1.99. The number of carbonyl (C=O) groups is 2. The third kappa shape index (κ3) is 2.00. The number of esters is 1. The largest absolute Gasteiger partial charge is 0.456 e. The molecule has 1 aromatic heterocycles. The van der Waals surface area contributed by atoms with Crippen molar-refractivity contribution >= 4 is 22.8 Å². The summed E-state index contributed by atoms with van der Waals surface area (Å²) in [5.41, 5.74) is 3.11. The summed E-state index contributed by atoms with van der Waals surface area (Å²) in [6.07, 6.45) is 1.01. The first-order valence-corrected chi connectivity index (χ1v) is 8.56. The summed E-state index contributed by atoms with van der Waals surface area (Å²) >= 11 is 0. The minimum atomic E-state index is -0.372. The fourth-order valence-electron chi connectivity index (χ4n) is 4.71. The molecule has 1 fully saturated rings. The lowest BCUT2D eigenvalue weighted by molar-refractivity contribution is -0.162. The normalized spacial score (nSPS) is 28.8. The first kappa shape index (κ1) is 15.2. The molecular formula is C19H22N2O3. The Hall–Kier alpha value is -2.30. The molecule has 2 heterocycles. The lowest BCUT2D eigenvalue weighted by atomic mass is 9.67. The second-order valence-corrected chi connectivity index (χ2v) is 6.92. The average Bonchev–Trinajstić information content (AvgIpc) is 2.93. The molecule has 5 nitrogen and oxygen atoms in total. The fraction of sp³-hybridized carbons (Fsp3) is 0.474. The fourth-order valence-corrected chi connectivity index (χ4v) is 4.71. The lowest BCUT2D eigenvalue weighted by Gasteiger charge is -2.49. The number of rotatable bonds is 2. The minimum absolute atomic E-state index is 0.0353. The quantitative estimate of drug-likeness (QED) is 0.861. The lowest BCUT2D eigenvalue weighted by Crippen LogP contribution is -2.50. The van der Waals surface area contributed by atoms with E-state index in [1.807, 2.05) is 30.1 Å². The van der Waals surface area contributed by atoms with E-state index in [1.54, 1.807) is 0 Å². The van der Waals surface area contributed by atoms with Gasteiger partial charge in [-0.2, -0.15) is 0 Å². The predicted molar refractivity (Wildman–Crippen MR) is 90.2 cm³/mol. The monoisotopic (exact) mass is 326 g/mol. The maximum atomic E-state index is 12.5. The standard InChI is InChI=1S/C19H22N2O3/c1-4-11-13-9-15(23)21(3)18(11)16-12-7-5-6-8-14(12)20-17(16)19(13)24-10(2)22/h5-8,11,13,18-20H,4,9H2,1-3H3/t11-,13-,18+,19-/m1/s1. The Kier molecular flexibility index (Phi) is 3.41. The van der Waals surface area contributed by atoms with E-state index >= 15 is 0 Å². The summed E-state index contributed by atoms with van der Waals surface area (Å²) in [7, 11) is 1.89. The molecule has 0 unspecified atom stereocenters. The van der Waals surface area contributed by atoms with Crippen LogP contribution in [0.4, 0.5) is 0 Å². The van der Waals surface area contributed by atoms with E-state index in [2.05, 4.69) is 18.0 Å². The van der Waals surface area contributed by atoms with Crippen molar-refractivity contribution in [2.24, 2.45) is 11.8 Å².